The first-order valence-corrected chi connectivity index (χ1v) is 19.2. The van der Waals surface area contributed by atoms with E-state index in [1.807, 2.05) is 11.8 Å². The fraction of sp³-hybridized carbons (Fsp3) is 0.944. The summed E-state index contributed by atoms with van der Waals surface area (Å²) in [5, 5.41) is 0.360. The molecule has 1 fully saturated rings. The van der Waals surface area contributed by atoms with Gasteiger partial charge in [0.15, 0.2) is 0 Å². The molecule has 0 aliphatic carbocycles. The lowest BCUT2D eigenvalue weighted by molar-refractivity contribution is -0.150. The normalized spacial score (nSPS) is 18.2. The fourth-order valence-corrected chi connectivity index (χ4v) is 7.44. The van der Waals surface area contributed by atoms with Crippen LogP contribution >= 0.6 is 11.8 Å². The van der Waals surface area contributed by atoms with Crippen LogP contribution in [-0.4, -0.2) is 61.2 Å². The van der Waals surface area contributed by atoms with Crippen LogP contribution in [-0.2, 0) is 19.1 Å². The van der Waals surface area contributed by atoms with Crippen LogP contribution in [0.4, 0.5) is 0 Å². The maximum atomic E-state index is 12.9. The van der Waals surface area contributed by atoms with Gasteiger partial charge in [0, 0.05) is 18.2 Å². The molecule has 248 valence electrons. The number of carbonyl (C=O) groups excluding carboxylic acids is 2. The van der Waals surface area contributed by atoms with Crippen LogP contribution in [0.1, 0.15) is 162 Å². The zero-order valence-electron chi connectivity index (χ0n) is 28.3. The summed E-state index contributed by atoms with van der Waals surface area (Å²) in [5.41, 5.74) is 0. The van der Waals surface area contributed by atoms with E-state index in [2.05, 4.69) is 32.7 Å². The van der Waals surface area contributed by atoms with Gasteiger partial charge in [-0.25, -0.2) is 0 Å². The minimum absolute atomic E-state index is 0.0190. The van der Waals surface area contributed by atoms with E-state index in [4.69, 9.17) is 9.47 Å². The average molecular weight is 612 g/mol. The quantitative estimate of drug-likeness (QED) is 0.0648. The molecule has 1 aliphatic heterocycles. The van der Waals surface area contributed by atoms with E-state index in [1.54, 1.807) is 0 Å². The van der Waals surface area contributed by atoms with Crippen molar-refractivity contribution >= 4 is 23.7 Å². The minimum Gasteiger partial charge on any atom is -0.465 e. The Bertz CT molecular complexity index is 646. The third-order valence-electron chi connectivity index (χ3n) is 8.83. The largest absolute Gasteiger partial charge is 0.465 e. The van der Waals surface area contributed by atoms with Gasteiger partial charge >= 0.3 is 11.9 Å². The topological polar surface area (TPSA) is 55.8 Å². The molecule has 3 unspecified atom stereocenters. The van der Waals surface area contributed by atoms with E-state index in [0.717, 1.165) is 57.4 Å². The first-order chi connectivity index (χ1) is 20.5. The maximum absolute atomic E-state index is 12.9. The highest BCUT2D eigenvalue weighted by atomic mass is 32.2. The first kappa shape index (κ1) is 39.3. The second-order valence-electron chi connectivity index (χ2n) is 12.9. The fourth-order valence-electron chi connectivity index (χ4n) is 5.93. The van der Waals surface area contributed by atoms with E-state index in [0.29, 0.717) is 30.8 Å². The molecular formula is C36H69NO4S. The van der Waals surface area contributed by atoms with Crippen molar-refractivity contribution in [2.45, 2.75) is 167 Å². The van der Waals surface area contributed by atoms with Crippen molar-refractivity contribution in [2.75, 3.05) is 39.1 Å². The Morgan fingerprint density at radius 2 is 1.33 bits per heavy atom. The number of carbonyl (C=O) groups is 2. The molecule has 0 radical (unpaired) electrons. The van der Waals surface area contributed by atoms with Gasteiger partial charge in [0.2, 0.25) is 0 Å². The predicted molar refractivity (Wildman–Crippen MR) is 181 cm³/mol. The molecular weight excluding hydrogens is 542 g/mol. The van der Waals surface area contributed by atoms with Crippen molar-refractivity contribution in [3.63, 3.8) is 0 Å². The van der Waals surface area contributed by atoms with Crippen LogP contribution in [0.5, 0.6) is 0 Å². The van der Waals surface area contributed by atoms with E-state index < -0.39 is 0 Å². The Labute approximate surface area is 265 Å². The molecule has 0 bridgehead atoms. The first-order valence-electron chi connectivity index (χ1n) is 18.1. The number of nitrogens with zero attached hydrogens (tertiary/aromatic N) is 1. The Kier molecular flexibility index (Phi) is 26.0. The number of hydrogen-bond acceptors (Lipinski definition) is 6. The van der Waals surface area contributed by atoms with Crippen molar-refractivity contribution in [1.29, 1.82) is 0 Å². The number of ether oxygens (including phenoxy) is 2. The van der Waals surface area contributed by atoms with Crippen molar-refractivity contribution in [3.05, 3.63) is 0 Å². The van der Waals surface area contributed by atoms with Crippen molar-refractivity contribution in [3.8, 4) is 0 Å². The molecule has 1 aliphatic rings. The van der Waals surface area contributed by atoms with E-state index in [-0.39, 0.29) is 17.9 Å². The molecule has 0 N–H and O–H groups in total. The van der Waals surface area contributed by atoms with Gasteiger partial charge in [0.1, 0.15) is 0 Å². The van der Waals surface area contributed by atoms with Crippen molar-refractivity contribution < 1.29 is 19.1 Å². The van der Waals surface area contributed by atoms with Crippen LogP contribution in [0.25, 0.3) is 0 Å². The van der Waals surface area contributed by atoms with Gasteiger partial charge in [-0.15, -0.1) is 0 Å². The molecule has 42 heavy (non-hydrogen) atoms. The van der Waals surface area contributed by atoms with Crippen molar-refractivity contribution in [1.82, 2.24) is 4.90 Å². The molecule has 1 rings (SSSR count). The summed E-state index contributed by atoms with van der Waals surface area (Å²) in [6.45, 7) is 9.84. The summed E-state index contributed by atoms with van der Waals surface area (Å²) in [7, 11) is 2.17. The third-order valence-corrected chi connectivity index (χ3v) is 10.3. The molecule has 0 aromatic heterocycles. The monoisotopic (exact) mass is 611 g/mol. The lowest BCUT2D eigenvalue weighted by Crippen LogP contribution is -2.44. The second kappa shape index (κ2) is 27.8. The van der Waals surface area contributed by atoms with Crippen LogP contribution in [0.3, 0.4) is 0 Å². The number of piperidine rings is 1. The summed E-state index contributed by atoms with van der Waals surface area (Å²) in [6.07, 6.45) is 25.6. The summed E-state index contributed by atoms with van der Waals surface area (Å²) >= 11 is 1.99. The van der Waals surface area contributed by atoms with Gasteiger partial charge in [0.25, 0.3) is 0 Å². The molecule has 0 amide bonds. The van der Waals surface area contributed by atoms with E-state index in [1.165, 1.54) is 96.3 Å². The summed E-state index contributed by atoms with van der Waals surface area (Å²) in [5.74, 6) is 1.71. The standard InChI is InChI=1S/C36H69NO4S/c1-5-8-11-13-14-18-22-29-42-34-30-37(4)27-26-33(34)36(39)40-28-21-17-15-16-20-25-35(38)41-31-32(23-10-7-3)24-19-12-9-6-2/h32-34H,5-31H2,1-4H3. The Balaban J connectivity index is 2.13. The summed E-state index contributed by atoms with van der Waals surface area (Å²) in [6, 6.07) is 0. The number of hydrogen-bond donors (Lipinski definition) is 0. The van der Waals surface area contributed by atoms with Gasteiger partial charge < -0.3 is 14.4 Å². The number of esters is 2. The minimum atomic E-state index is -0.0310. The van der Waals surface area contributed by atoms with Gasteiger partial charge in [-0.2, -0.15) is 11.8 Å². The SMILES string of the molecule is CCCCCCCCCSC1CN(C)CCC1C(=O)OCCCCCCCC(=O)OCC(CCCC)CCCCCC. The van der Waals surface area contributed by atoms with E-state index in [9.17, 15) is 9.59 Å². The molecule has 5 nitrogen and oxygen atoms in total. The smallest absolute Gasteiger partial charge is 0.310 e. The molecule has 0 aromatic carbocycles. The number of unbranched alkanes of at least 4 members (excludes halogenated alkanes) is 14. The van der Waals surface area contributed by atoms with Gasteiger partial charge in [-0.3, -0.25) is 9.59 Å². The van der Waals surface area contributed by atoms with Gasteiger partial charge in [-0.1, -0.05) is 117 Å². The van der Waals surface area contributed by atoms with Gasteiger partial charge in [0.05, 0.1) is 19.1 Å². The van der Waals surface area contributed by atoms with Crippen LogP contribution < -0.4 is 0 Å². The Morgan fingerprint density at radius 1 is 0.738 bits per heavy atom. The zero-order chi connectivity index (χ0) is 30.7. The maximum Gasteiger partial charge on any atom is 0.310 e. The highest BCUT2D eigenvalue weighted by Gasteiger charge is 2.34. The summed E-state index contributed by atoms with van der Waals surface area (Å²) in [4.78, 5) is 27.5. The molecule has 3 atom stereocenters. The van der Waals surface area contributed by atoms with Crippen LogP contribution in [0.15, 0.2) is 0 Å². The molecule has 1 heterocycles. The Hall–Kier alpha value is -0.750. The number of likely N-dealkylation sites (tertiary alicyclic amines) is 1. The lowest BCUT2D eigenvalue weighted by atomic mass is 9.96. The predicted octanol–water partition coefficient (Wildman–Crippen LogP) is 9.99. The van der Waals surface area contributed by atoms with Crippen molar-refractivity contribution in [2.24, 2.45) is 11.8 Å². The summed E-state index contributed by atoms with van der Waals surface area (Å²) < 4.78 is 11.4. The second-order valence-corrected chi connectivity index (χ2v) is 14.3. The highest BCUT2D eigenvalue weighted by Crippen LogP contribution is 2.30. The lowest BCUT2D eigenvalue weighted by Gasteiger charge is -2.35. The van der Waals surface area contributed by atoms with E-state index >= 15 is 0 Å². The molecule has 6 heteroatoms. The zero-order valence-corrected chi connectivity index (χ0v) is 29.1. The molecule has 0 spiro atoms. The van der Waals surface area contributed by atoms with Gasteiger partial charge in [-0.05, 0) is 63.8 Å². The molecule has 0 saturated carbocycles. The van der Waals surface area contributed by atoms with Crippen LogP contribution in [0.2, 0.25) is 0 Å². The average Bonchev–Trinajstić information content (AvgIpc) is 2.98. The number of thioether (sulfide) groups is 1. The number of rotatable bonds is 28. The Morgan fingerprint density at radius 3 is 2.05 bits per heavy atom. The molecule has 0 aromatic rings. The van der Waals surface area contributed by atoms with Crippen LogP contribution in [0, 0.1) is 11.8 Å². The third kappa shape index (κ3) is 21.0. The molecule has 1 saturated heterocycles. The highest BCUT2D eigenvalue weighted by molar-refractivity contribution is 7.99.